The first kappa shape index (κ1) is 7.73. The van der Waals surface area contributed by atoms with Crippen LogP contribution in [0.3, 0.4) is 0 Å². The number of carbonyl (C=O) groups excluding carboxylic acids is 1. The van der Waals surface area contributed by atoms with E-state index in [1.54, 1.807) is 0 Å². The molecular formula is C8H14O2. The molecule has 0 bridgehead atoms. The van der Waals surface area contributed by atoms with E-state index >= 15 is 0 Å². The summed E-state index contributed by atoms with van der Waals surface area (Å²) in [5, 5.41) is 9.05. The van der Waals surface area contributed by atoms with Crippen molar-refractivity contribution in [2.24, 2.45) is 5.92 Å². The lowest BCUT2D eigenvalue weighted by Gasteiger charge is -2.03. The molecule has 0 heterocycles. The molecule has 0 radical (unpaired) electrons. The average molecular weight is 142 g/mol. The van der Waals surface area contributed by atoms with Gasteiger partial charge in [-0.25, -0.2) is 0 Å². The Kier molecular flexibility index (Phi) is 2.44. The smallest absolute Gasteiger partial charge is 0.158 e. The van der Waals surface area contributed by atoms with Gasteiger partial charge in [0.2, 0.25) is 0 Å². The van der Waals surface area contributed by atoms with Crippen LogP contribution in [0.2, 0.25) is 0 Å². The summed E-state index contributed by atoms with van der Waals surface area (Å²) in [5.41, 5.74) is 0. The van der Waals surface area contributed by atoms with Gasteiger partial charge in [0.15, 0.2) is 5.78 Å². The highest BCUT2D eigenvalue weighted by molar-refractivity contribution is 5.79. The minimum Gasteiger partial charge on any atom is -0.385 e. The highest BCUT2D eigenvalue weighted by Crippen LogP contribution is 2.33. The summed E-state index contributed by atoms with van der Waals surface area (Å²) in [6, 6.07) is 0. The standard InChI is InChI=1S/C8H14O2/c1-6(9)8(10)5-4-7-2-3-7/h7-8,10H,2-5H2,1H3/t8-/m1/s1. The Morgan fingerprint density at radius 3 is 2.70 bits per heavy atom. The molecule has 2 heteroatoms. The molecule has 0 aromatic heterocycles. The van der Waals surface area contributed by atoms with Crippen LogP contribution in [0.4, 0.5) is 0 Å². The summed E-state index contributed by atoms with van der Waals surface area (Å²) in [6.07, 6.45) is 3.59. The molecular weight excluding hydrogens is 128 g/mol. The lowest BCUT2D eigenvalue weighted by Crippen LogP contribution is -2.16. The Bertz CT molecular complexity index is 127. The van der Waals surface area contributed by atoms with Gasteiger partial charge in [-0.15, -0.1) is 0 Å². The molecule has 10 heavy (non-hydrogen) atoms. The molecule has 1 aliphatic rings. The molecule has 0 aliphatic heterocycles. The van der Waals surface area contributed by atoms with Gasteiger partial charge < -0.3 is 5.11 Å². The van der Waals surface area contributed by atoms with Crippen molar-refractivity contribution in [1.82, 2.24) is 0 Å². The second kappa shape index (κ2) is 3.15. The zero-order valence-corrected chi connectivity index (χ0v) is 6.34. The normalized spacial score (nSPS) is 20.6. The van der Waals surface area contributed by atoms with Crippen LogP contribution in [0.5, 0.6) is 0 Å². The second-order valence-corrected chi connectivity index (χ2v) is 3.15. The lowest BCUT2D eigenvalue weighted by molar-refractivity contribution is -0.125. The maximum Gasteiger partial charge on any atom is 0.158 e. The van der Waals surface area contributed by atoms with Crippen molar-refractivity contribution in [1.29, 1.82) is 0 Å². The van der Waals surface area contributed by atoms with Gasteiger partial charge in [0.25, 0.3) is 0 Å². The van der Waals surface area contributed by atoms with Crippen LogP contribution in [-0.2, 0) is 4.79 Å². The van der Waals surface area contributed by atoms with Gasteiger partial charge in [-0.2, -0.15) is 0 Å². The third kappa shape index (κ3) is 2.48. The summed E-state index contributed by atoms with van der Waals surface area (Å²) in [6.45, 7) is 1.44. The molecule has 0 aromatic rings. The molecule has 0 aromatic carbocycles. The van der Waals surface area contributed by atoms with Crippen molar-refractivity contribution in [2.45, 2.75) is 38.7 Å². The van der Waals surface area contributed by atoms with Gasteiger partial charge in [-0.05, 0) is 25.7 Å². The molecule has 1 fully saturated rings. The molecule has 0 amide bonds. The van der Waals surface area contributed by atoms with E-state index in [9.17, 15) is 4.79 Å². The number of aliphatic hydroxyl groups is 1. The number of rotatable bonds is 4. The van der Waals surface area contributed by atoms with E-state index in [1.807, 2.05) is 0 Å². The van der Waals surface area contributed by atoms with Crippen LogP contribution in [0.1, 0.15) is 32.6 Å². The summed E-state index contributed by atoms with van der Waals surface area (Å²) < 4.78 is 0. The predicted octanol–water partition coefficient (Wildman–Crippen LogP) is 1.13. The fraction of sp³-hybridized carbons (Fsp3) is 0.875. The topological polar surface area (TPSA) is 37.3 Å². The van der Waals surface area contributed by atoms with Gasteiger partial charge in [-0.1, -0.05) is 12.8 Å². The van der Waals surface area contributed by atoms with Crippen molar-refractivity contribution >= 4 is 5.78 Å². The van der Waals surface area contributed by atoms with Gasteiger partial charge in [0, 0.05) is 0 Å². The zero-order chi connectivity index (χ0) is 7.56. The number of hydrogen-bond acceptors (Lipinski definition) is 2. The van der Waals surface area contributed by atoms with E-state index in [1.165, 1.54) is 19.8 Å². The number of ketones is 1. The fourth-order valence-corrected chi connectivity index (χ4v) is 1.00. The Labute approximate surface area is 61.2 Å². The monoisotopic (exact) mass is 142 g/mol. The lowest BCUT2D eigenvalue weighted by atomic mass is 10.1. The quantitative estimate of drug-likeness (QED) is 0.638. The molecule has 0 spiro atoms. The first-order valence-corrected chi connectivity index (χ1v) is 3.88. The van der Waals surface area contributed by atoms with E-state index in [-0.39, 0.29) is 5.78 Å². The largest absolute Gasteiger partial charge is 0.385 e. The number of Topliss-reactive ketones (excluding diaryl/α,β-unsaturated/α-hetero) is 1. The summed E-state index contributed by atoms with van der Waals surface area (Å²) in [4.78, 5) is 10.5. The van der Waals surface area contributed by atoms with E-state index in [4.69, 9.17) is 5.11 Å². The molecule has 1 aliphatic carbocycles. The van der Waals surface area contributed by atoms with Crippen LogP contribution in [0.25, 0.3) is 0 Å². The average Bonchev–Trinajstić information content (AvgIpc) is 2.64. The third-order valence-corrected chi connectivity index (χ3v) is 2.01. The molecule has 1 atom stereocenters. The fourth-order valence-electron chi connectivity index (χ4n) is 1.00. The molecule has 1 N–H and O–H groups in total. The van der Waals surface area contributed by atoms with E-state index < -0.39 is 6.10 Å². The van der Waals surface area contributed by atoms with Crippen molar-refractivity contribution in [3.05, 3.63) is 0 Å². The maximum absolute atomic E-state index is 10.5. The van der Waals surface area contributed by atoms with Crippen molar-refractivity contribution in [2.75, 3.05) is 0 Å². The summed E-state index contributed by atoms with van der Waals surface area (Å²) in [5.74, 6) is 0.717. The highest BCUT2D eigenvalue weighted by Gasteiger charge is 2.22. The van der Waals surface area contributed by atoms with Gasteiger partial charge in [0.05, 0.1) is 0 Å². The Morgan fingerprint density at radius 1 is 1.70 bits per heavy atom. The predicted molar refractivity (Wildman–Crippen MR) is 38.6 cm³/mol. The summed E-state index contributed by atoms with van der Waals surface area (Å²) in [7, 11) is 0. The molecule has 1 saturated carbocycles. The summed E-state index contributed by atoms with van der Waals surface area (Å²) >= 11 is 0. The Morgan fingerprint density at radius 2 is 2.30 bits per heavy atom. The number of hydrogen-bond donors (Lipinski definition) is 1. The minimum absolute atomic E-state index is 0.0966. The van der Waals surface area contributed by atoms with E-state index in [0.717, 1.165) is 12.3 Å². The molecule has 2 nitrogen and oxygen atoms in total. The SMILES string of the molecule is CC(=O)[C@H](O)CCC1CC1. The first-order chi connectivity index (χ1) is 4.70. The highest BCUT2D eigenvalue weighted by atomic mass is 16.3. The first-order valence-electron chi connectivity index (χ1n) is 3.88. The second-order valence-electron chi connectivity index (χ2n) is 3.15. The van der Waals surface area contributed by atoms with Crippen LogP contribution in [-0.4, -0.2) is 17.0 Å². The van der Waals surface area contributed by atoms with Crippen molar-refractivity contribution < 1.29 is 9.90 Å². The Balaban J connectivity index is 2.05. The third-order valence-electron chi connectivity index (χ3n) is 2.01. The number of carbonyl (C=O) groups is 1. The van der Waals surface area contributed by atoms with E-state index in [0.29, 0.717) is 6.42 Å². The van der Waals surface area contributed by atoms with Crippen LogP contribution < -0.4 is 0 Å². The van der Waals surface area contributed by atoms with Gasteiger partial charge in [0.1, 0.15) is 6.10 Å². The zero-order valence-electron chi connectivity index (χ0n) is 6.34. The molecule has 0 unspecified atom stereocenters. The van der Waals surface area contributed by atoms with Gasteiger partial charge in [-0.3, -0.25) is 4.79 Å². The molecule has 0 saturated heterocycles. The van der Waals surface area contributed by atoms with Crippen molar-refractivity contribution in [3.63, 3.8) is 0 Å². The number of aliphatic hydroxyl groups excluding tert-OH is 1. The van der Waals surface area contributed by atoms with Crippen molar-refractivity contribution in [3.8, 4) is 0 Å². The van der Waals surface area contributed by atoms with Crippen LogP contribution in [0, 0.1) is 5.92 Å². The van der Waals surface area contributed by atoms with E-state index in [2.05, 4.69) is 0 Å². The van der Waals surface area contributed by atoms with Gasteiger partial charge >= 0.3 is 0 Å². The Hall–Kier alpha value is -0.370. The van der Waals surface area contributed by atoms with Crippen LogP contribution in [0.15, 0.2) is 0 Å². The maximum atomic E-state index is 10.5. The minimum atomic E-state index is -0.694. The van der Waals surface area contributed by atoms with Crippen LogP contribution >= 0.6 is 0 Å². The molecule has 58 valence electrons. The molecule has 1 rings (SSSR count).